The first-order chi connectivity index (χ1) is 18.8. The molecule has 13 heteroatoms. The highest BCUT2D eigenvalue weighted by Gasteiger charge is 2.36. The third kappa shape index (κ3) is 6.32. The number of piperazine rings is 1. The first kappa shape index (κ1) is 28.1. The number of aliphatic hydroxyl groups excluding tert-OH is 1. The second kappa shape index (κ2) is 12.0. The van der Waals surface area contributed by atoms with Gasteiger partial charge in [-0.1, -0.05) is 6.92 Å². The molecule has 3 aromatic heterocycles. The van der Waals surface area contributed by atoms with E-state index in [0.717, 1.165) is 52.9 Å². The largest absolute Gasteiger partial charge is 0.420 e. The highest BCUT2D eigenvalue weighted by atomic mass is 32.2. The van der Waals surface area contributed by atoms with E-state index in [1.165, 1.54) is 11.3 Å². The predicted octanol–water partition coefficient (Wildman–Crippen LogP) is 5.05. The topological polar surface area (TPSA) is 86.6 Å². The summed E-state index contributed by atoms with van der Waals surface area (Å²) in [5.41, 5.74) is 0.425. The molecule has 210 valence electrons. The maximum absolute atomic E-state index is 13.9. The highest BCUT2D eigenvalue weighted by Crippen LogP contribution is 2.43. The van der Waals surface area contributed by atoms with Crippen LogP contribution in [0.1, 0.15) is 30.0 Å². The van der Waals surface area contributed by atoms with E-state index in [2.05, 4.69) is 32.0 Å². The number of hydrogen-bond donors (Lipinski definition) is 2. The fraction of sp³-hybridized carbons (Fsp3) is 0.500. The van der Waals surface area contributed by atoms with Crippen molar-refractivity contribution in [2.75, 3.05) is 55.4 Å². The predicted molar refractivity (Wildman–Crippen MR) is 148 cm³/mol. The van der Waals surface area contributed by atoms with Crippen LogP contribution in [0.25, 0.3) is 10.6 Å². The number of anilines is 3. The molecular weight excluding hydrogens is 549 g/mol. The Morgan fingerprint density at radius 2 is 2.08 bits per heavy atom. The van der Waals surface area contributed by atoms with Crippen molar-refractivity contribution >= 4 is 40.6 Å². The summed E-state index contributed by atoms with van der Waals surface area (Å²) in [5, 5.41) is 12.4. The molecule has 0 spiro atoms. The molecule has 0 aromatic carbocycles. The number of aliphatic hydroxyl groups is 1. The van der Waals surface area contributed by atoms with Crippen molar-refractivity contribution in [1.82, 2.24) is 19.9 Å². The molecule has 0 bridgehead atoms. The number of aryl methyl sites for hydroxylation is 1. The van der Waals surface area contributed by atoms with E-state index in [9.17, 15) is 18.3 Å². The lowest BCUT2D eigenvalue weighted by atomic mass is 10.1. The molecule has 0 amide bonds. The Labute approximate surface area is 233 Å². The number of rotatable bonds is 7. The van der Waals surface area contributed by atoms with Crippen molar-refractivity contribution in [3.05, 3.63) is 40.5 Å². The van der Waals surface area contributed by atoms with Gasteiger partial charge in [-0.25, -0.2) is 15.0 Å². The smallest absolute Gasteiger partial charge is 0.395 e. The van der Waals surface area contributed by atoms with Gasteiger partial charge in [-0.05, 0) is 31.5 Å². The van der Waals surface area contributed by atoms with Crippen LogP contribution in [-0.2, 0) is 23.9 Å². The van der Waals surface area contributed by atoms with E-state index in [1.807, 2.05) is 19.1 Å². The van der Waals surface area contributed by atoms with Crippen molar-refractivity contribution in [3.8, 4) is 10.6 Å². The minimum absolute atomic E-state index is 0.0842. The Bertz CT molecular complexity index is 1280. The molecule has 1 fully saturated rings. The number of fused-ring (bicyclic) bond motifs is 1. The second-order valence-corrected chi connectivity index (χ2v) is 11.7. The van der Waals surface area contributed by atoms with Gasteiger partial charge in [0.25, 0.3) is 0 Å². The average Bonchev–Trinajstić information content (AvgIpc) is 3.19. The number of nitrogens with one attached hydrogen (secondary N) is 1. The van der Waals surface area contributed by atoms with E-state index in [1.54, 1.807) is 17.8 Å². The van der Waals surface area contributed by atoms with Gasteiger partial charge in [0, 0.05) is 53.9 Å². The van der Waals surface area contributed by atoms with Crippen LogP contribution in [0.15, 0.2) is 29.3 Å². The maximum atomic E-state index is 13.9. The summed E-state index contributed by atoms with van der Waals surface area (Å²) in [7, 11) is 0. The molecule has 39 heavy (non-hydrogen) atoms. The number of hydrogen-bond acceptors (Lipinski definition) is 10. The van der Waals surface area contributed by atoms with Gasteiger partial charge in [-0.15, -0.1) is 23.1 Å². The third-order valence-electron chi connectivity index (χ3n) is 6.83. The van der Waals surface area contributed by atoms with Crippen LogP contribution in [0, 0.1) is 0 Å². The minimum atomic E-state index is -4.59. The van der Waals surface area contributed by atoms with Gasteiger partial charge in [0.1, 0.15) is 11.4 Å². The Morgan fingerprint density at radius 1 is 1.23 bits per heavy atom. The van der Waals surface area contributed by atoms with E-state index >= 15 is 0 Å². The number of aromatic nitrogens is 3. The number of thiophene rings is 1. The van der Waals surface area contributed by atoms with E-state index < -0.39 is 11.7 Å². The molecule has 5 rings (SSSR count). The number of β-amino-alcohol motifs (C(OH)–C–C–N with tert-alkyl or cyclic N) is 1. The molecule has 8 nitrogen and oxygen atoms in total. The van der Waals surface area contributed by atoms with Gasteiger partial charge in [-0.2, -0.15) is 13.2 Å². The molecule has 0 aliphatic carbocycles. The van der Waals surface area contributed by atoms with Gasteiger partial charge >= 0.3 is 6.18 Å². The van der Waals surface area contributed by atoms with E-state index in [-0.39, 0.29) is 24.3 Å². The first-order valence-corrected chi connectivity index (χ1v) is 14.7. The molecule has 1 atom stereocenters. The summed E-state index contributed by atoms with van der Waals surface area (Å²) in [4.78, 5) is 20.0. The number of thioether (sulfide) groups is 1. The quantitative estimate of drug-likeness (QED) is 0.399. The lowest BCUT2D eigenvalue weighted by Gasteiger charge is -2.40. The van der Waals surface area contributed by atoms with Gasteiger partial charge < -0.3 is 20.1 Å². The van der Waals surface area contributed by atoms with E-state index in [4.69, 9.17) is 9.72 Å². The van der Waals surface area contributed by atoms with Crippen molar-refractivity contribution in [3.63, 3.8) is 0 Å². The zero-order valence-electron chi connectivity index (χ0n) is 21.8. The SMILES string of the molecule is CCc1nc(N2CCN(CCO)C(C)C2)ccc1Nc1ncc(C(F)(F)F)c(-c2cc3c(s2)COCCS3)n1. The molecule has 2 aliphatic heterocycles. The summed E-state index contributed by atoms with van der Waals surface area (Å²) in [6.07, 6.45) is -3.12. The maximum Gasteiger partial charge on any atom is 0.420 e. The number of halogens is 3. The minimum Gasteiger partial charge on any atom is -0.395 e. The molecule has 2 aliphatic rings. The summed E-state index contributed by atoms with van der Waals surface area (Å²) in [6, 6.07) is 5.85. The molecule has 5 heterocycles. The van der Waals surface area contributed by atoms with Gasteiger partial charge in [0.15, 0.2) is 0 Å². The molecule has 3 aromatic rings. The Kier molecular flexibility index (Phi) is 8.62. The standard InChI is InChI=1S/C26H31F3N6O2S2/c1-3-18-19(4-5-23(31-18)35-7-6-34(8-9-36)16(2)14-35)32-25-30-13-17(26(27,28)29)24(33-25)21-12-20-22(39-21)15-37-10-11-38-20/h4-5,12-13,16,36H,3,6-11,14-15H2,1-2H3,(H,30,32,33). The summed E-state index contributed by atoms with van der Waals surface area (Å²) >= 11 is 2.86. The zero-order chi connectivity index (χ0) is 27.6. The fourth-order valence-corrected chi connectivity index (χ4v) is 7.01. The van der Waals surface area contributed by atoms with Crippen LogP contribution >= 0.6 is 23.1 Å². The molecular formula is C26H31F3N6O2S2. The number of ether oxygens (including phenoxy) is 1. The normalized spacial score (nSPS) is 18.6. The summed E-state index contributed by atoms with van der Waals surface area (Å²) in [5.74, 6) is 1.69. The van der Waals surface area contributed by atoms with E-state index in [0.29, 0.717) is 36.7 Å². The zero-order valence-corrected chi connectivity index (χ0v) is 23.4. The second-order valence-electron chi connectivity index (χ2n) is 9.45. The lowest BCUT2D eigenvalue weighted by Crippen LogP contribution is -2.52. The Hall–Kier alpha value is -2.45. The monoisotopic (exact) mass is 580 g/mol. The van der Waals surface area contributed by atoms with Crippen molar-refractivity contribution in [1.29, 1.82) is 0 Å². The van der Waals surface area contributed by atoms with Gasteiger partial charge in [0.05, 0.1) is 41.8 Å². The number of nitrogens with zero attached hydrogens (tertiary/aromatic N) is 5. The highest BCUT2D eigenvalue weighted by molar-refractivity contribution is 7.99. The molecule has 0 radical (unpaired) electrons. The van der Waals surface area contributed by atoms with Crippen molar-refractivity contribution < 1.29 is 23.0 Å². The van der Waals surface area contributed by atoms with Gasteiger partial charge in [-0.3, -0.25) is 4.90 Å². The third-order valence-corrected chi connectivity index (χ3v) is 9.12. The molecule has 2 N–H and O–H groups in total. The van der Waals surface area contributed by atoms with Crippen molar-refractivity contribution in [2.24, 2.45) is 0 Å². The van der Waals surface area contributed by atoms with Crippen LogP contribution < -0.4 is 10.2 Å². The fourth-order valence-electron chi connectivity index (χ4n) is 4.80. The van der Waals surface area contributed by atoms with Crippen LogP contribution in [0.5, 0.6) is 0 Å². The average molecular weight is 581 g/mol. The summed E-state index contributed by atoms with van der Waals surface area (Å²) < 4.78 is 47.3. The van der Waals surface area contributed by atoms with Crippen molar-refractivity contribution in [2.45, 2.75) is 44.0 Å². The lowest BCUT2D eigenvalue weighted by molar-refractivity contribution is -0.137. The van der Waals surface area contributed by atoms with Gasteiger partial charge in [0.2, 0.25) is 5.95 Å². The Morgan fingerprint density at radius 3 is 2.82 bits per heavy atom. The van der Waals surface area contributed by atoms with Crippen LogP contribution in [0.4, 0.5) is 30.6 Å². The molecule has 1 unspecified atom stereocenters. The Balaban J connectivity index is 1.41. The number of pyridine rings is 1. The summed E-state index contributed by atoms with van der Waals surface area (Å²) in [6.45, 7) is 8.34. The van der Waals surface area contributed by atoms with Crippen LogP contribution in [-0.4, -0.2) is 76.1 Å². The molecule has 0 saturated carbocycles. The molecule has 1 saturated heterocycles. The van der Waals surface area contributed by atoms with Crippen LogP contribution in [0.3, 0.4) is 0 Å². The number of alkyl halides is 3. The van der Waals surface area contributed by atoms with Crippen LogP contribution in [0.2, 0.25) is 0 Å². The first-order valence-electron chi connectivity index (χ1n) is 12.9.